The van der Waals surface area contributed by atoms with Crippen molar-refractivity contribution >= 4 is 57.2 Å². The lowest BCUT2D eigenvalue weighted by Crippen LogP contribution is -2.49. The summed E-state index contributed by atoms with van der Waals surface area (Å²) in [6.45, 7) is 2.45. The van der Waals surface area contributed by atoms with Crippen molar-refractivity contribution in [3.63, 3.8) is 0 Å². The normalized spacial score (nSPS) is 13.8. The van der Waals surface area contributed by atoms with Crippen LogP contribution in [0.5, 0.6) is 0 Å². The molecule has 0 bridgehead atoms. The molecule has 8 nitrogen and oxygen atoms in total. The summed E-state index contributed by atoms with van der Waals surface area (Å²) in [6, 6.07) is 8.24. The third-order valence-electron chi connectivity index (χ3n) is 5.06. The molecule has 2 amide bonds. The van der Waals surface area contributed by atoms with E-state index in [0.29, 0.717) is 52.6 Å². The van der Waals surface area contributed by atoms with Gasteiger partial charge in [-0.05, 0) is 18.2 Å². The van der Waals surface area contributed by atoms with Gasteiger partial charge in [-0.15, -0.1) is 11.3 Å². The second kappa shape index (κ2) is 9.72. The molecule has 0 spiro atoms. The summed E-state index contributed by atoms with van der Waals surface area (Å²) in [7, 11) is 0. The average molecular weight is 492 g/mol. The summed E-state index contributed by atoms with van der Waals surface area (Å²) < 4.78 is 0. The van der Waals surface area contributed by atoms with Gasteiger partial charge in [0.1, 0.15) is 0 Å². The highest BCUT2D eigenvalue weighted by Crippen LogP contribution is 2.33. The molecular weight excluding hydrogens is 473 g/mol. The number of carbonyl (C=O) groups is 2. The maximum absolute atomic E-state index is 12.7. The van der Waals surface area contributed by atoms with E-state index in [2.05, 4.69) is 20.2 Å². The Hall–Kier alpha value is -2.88. The zero-order chi connectivity index (χ0) is 22.7. The first kappa shape index (κ1) is 22.3. The fourth-order valence-electron chi connectivity index (χ4n) is 3.37. The maximum Gasteiger partial charge on any atom is 0.258 e. The van der Waals surface area contributed by atoms with Crippen molar-refractivity contribution in [2.45, 2.75) is 6.42 Å². The third kappa shape index (κ3) is 5.12. The summed E-state index contributed by atoms with van der Waals surface area (Å²) >= 11 is 13.7. The Morgan fingerprint density at radius 1 is 1.12 bits per heavy atom. The van der Waals surface area contributed by atoms with Gasteiger partial charge >= 0.3 is 0 Å². The molecular formula is C21H19Cl2N5O3S. The highest BCUT2D eigenvalue weighted by atomic mass is 35.5. The minimum atomic E-state index is -0.385. The number of rotatable bonds is 5. The van der Waals surface area contributed by atoms with E-state index < -0.39 is 0 Å². The lowest BCUT2D eigenvalue weighted by molar-refractivity contribution is -0.130. The number of nitrogens with zero attached hydrogens (tertiary/aromatic N) is 3. The third-order valence-corrected chi connectivity index (χ3v) is 6.67. The Balaban J connectivity index is 1.31. The van der Waals surface area contributed by atoms with E-state index in [0.717, 1.165) is 5.69 Å². The Morgan fingerprint density at radius 3 is 2.62 bits per heavy atom. The topological polar surface area (TPSA) is 98.4 Å². The van der Waals surface area contributed by atoms with Gasteiger partial charge in [-0.1, -0.05) is 29.3 Å². The summed E-state index contributed by atoms with van der Waals surface area (Å²) in [6.07, 6.45) is 1.49. The smallest absolute Gasteiger partial charge is 0.258 e. The number of carbonyl (C=O) groups excluding carboxylic acids is 2. The molecule has 1 aliphatic heterocycles. The van der Waals surface area contributed by atoms with E-state index in [1.165, 1.54) is 29.7 Å². The van der Waals surface area contributed by atoms with Crippen molar-refractivity contribution in [3.05, 3.63) is 73.6 Å². The van der Waals surface area contributed by atoms with Gasteiger partial charge in [0, 0.05) is 43.8 Å². The van der Waals surface area contributed by atoms with Gasteiger partial charge in [0.05, 0.1) is 33.4 Å². The second-order valence-corrected chi connectivity index (χ2v) is 8.80. The van der Waals surface area contributed by atoms with Crippen molar-refractivity contribution < 1.29 is 9.59 Å². The van der Waals surface area contributed by atoms with Crippen molar-refractivity contribution in [3.8, 4) is 0 Å². The highest BCUT2D eigenvalue weighted by Gasteiger charge is 2.23. The number of piperazine rings is 1. The molecule has 4 rings (SSSR count). The first-order chi connectivity index (χ1) is 15.4. The van der Waals surface area contributed by atoms with E-state index >= 15 is 0 Å². The van der Waals surface area contributed by atoms with Crippen LogP contribution in [0.25, 0.3) is 0 Å². The molecule has 0 aliphatic carbocycles. The van der Waals surface area contributed by atoms with Gasteiger partial charge in [0.25, 0.3) is 5.91 Å². The molecule has 2 aromatic heterocycles. The number of aromatic nitrogens is 2. The largest absolute Gasteiger partial charge is 0.367 e. The van der Waals surface area contributed by atoms with Crippen LogP contribution in [0.15, 0.2) is 46.7 Å². The van der Waals surface area contributed by atoms with Crippen molar-refractivity contribution in [1.29, 1.82) is 0 Å². The highest BCUT2D eigenvalue weighted by molar-refractivity contribution is 7.14. The molecule has 0 atom stereocenters. The SMILES string of the molecule is O=C(Nc1nc(CC(=O)N2CCN(c3cccc(Cl)c3Cl)CC2)cs1)c1ccc(=O)[nH]c1. The van der Waals surface area contributed by atoms with Crippen molar-refractivity contribution in [1.82, 2.24) is 14.9 Å². The molecule has 11 heteroatoms. The molecule has 0 saturated carbocycles. The molecule has 166 valence electrons. The monoisotopic (exact) mass is 491 g/mol. The second-order valence-electron chi connectivity index (χ2n) is 7.16. The number of nitrogens with one attached hydrogen (secondary N) is 2. The number of pyridine rings is 1. The molecule has 32 heavy (non-hydrogen) atoms. The molecule has 0 unspecified atom stereocenters. The van der Waals surface area contributed by atoms with Crippen LogP contribution in [-0.2, 0) is 11.2 Å². The standard InChI is InChI=1S/C21H19Cl2N5O3S/c22-15-2-1-3-16(19(15)23)27-6-8-28(9-7-27)18(30)10-14-12-32-21(25-14)26-20(31)13-4-5-17(29)24-11-13/h1-5,11-12H,6-10H2,(H,24,29)(H,25,26,31). The predicted octanol–water partition coefficient (Wildman–Crippen LogP) is 3.28. The molecule has 1 saturated heterocycles. The van der Waals surface area contributed by atoms with Crippen molar-refractivity contribution in [2.75, 3.05) is 36.4 Å². The Kier molecular flexibility index (Phi) is 6.78. The number of amides is 2. The summed E-state index contributed by atoms with van der Waals surface area (Å²) in [5.41, 5.74) is 1.49. The molecule has 1 aliphatic rings. The van der Waals surface area contributed by atoms with Crippen LogP contribution in [-0.4, -0.2) is 52.9 Å². The molecule has 1 fully saturated rings. The lowest BCUT2D eigenvalue weighted by Gasteiger charge is -2.36. The number of hydrogen-bond donors (Lipinski definition) is 2. The van der Waals surface area contributed by atoms with Crippen LogP contribution in [0.4, 0.5) is 10.8 Å². The zero-order valence-electron chi connectivity index (χ0n) is 16.8. The van der Waals surface area contributed by atoms with E-state index in [4.69, 9.17) is 23.2 Å². The zero-order valence-corrected chi connectivity index (χ0v) is 19.1. The van der Waals surface area contributed by atoms with E-state index in [9.17, 15) is 14.4 Å². The van der Waals surface area contributed by atoms with E-state index in [1.54, 1.807) is 16.3 Å². The Morgan fingerprint density at radius 2 is 1.91 bits per heavy atom. The quantitative estimate of drug-likeness (QED) is 0.570. The van der Waals surface area contributed by atoms with Gasteiger partial charge in [-0.2, -0.15) is 0 Å². The fourth-order valence-corrected chi connectivity index (χ4v) is 4.49. The van der Waals surface area contributed by atoms with Crippen LogP contribution in [0, 0.1) is 0 Å². The number of benzene rings is 1. The molecule has 1 aromatic carbocycles. The lowest BCUT2D eigenvalue weighted by atomic mass is 10.2. The van der Waals surface area contributed by atoms with Crippen LogP contribution < -0.4 is 15.8 Å². The van der Waals surface area contributed by atoms with Crippen LogP contribution in [0.2, 0.25) is 10.0 Å². The average Bonchev–Trinajstić information content (AvgIpc) is 3.22. The Bertz CT molecular complexity index is 1180. The van der Waals surface area contributed by atoms with Crippen molar-refractivity contribution in [2.24, 2.45) is 0 Å². The number of H-pyrrole nitrogens is 1. The van der Waals surface area contributed by atoms with Crippen LogP contribution >= 0.6 is 34.5 Å². The van der Waals surface area contributed by atoms with Gasteiger partial charge in [-0.25, -0.2) is 4.98 Å². The maximum atomic E-state index is 12.7. The summed E-state index contributed by atoms with van der Waals surface area (Å²) in [5, 5.41) is 5.85. The minimum absolute atomic E-state index is 0.0225. The molecule has 3 aromatic rings. The summed E-state index contributed by atoms with van der Waals surface area (Å²) in [4.78, 5) is 46.8. The molecule has 3 heterocycles. The van der Waals surface area contributed by atoms with Gasteiger partial charge in [-0.3, -0.25) is 19.7 Å². The number of hydrogen-bond acceptors (Lipinski definition) is 6. The van der Waals surface area contributed by atoms with Gasteiger partial charge in [0.2, 0.25) is 11.5 Å². The number of thiazole rings is 1. The fraction of sp³-hybridized carbons (Fsp3) is 0.238. The number of aromatic amines is 1. The van der Waals surface area contributed by atoms with Gasteiger partial charge < -0.3 is 14.8 Å². The van der Waals surface area contributed by atoms with Crippen LogP contribution in [0.3, 0.4) is 0 Å². The molecule has 0 radical (unpaired) electrons. The van der Waals surface area contributed by atoms with Crippen LogP contribution in [0.1, 0.15) is 16.1 Å². The first-order valence-electron chi connectivity index (χ1n) is 9.82. The van der Waals surface area contributed by atoms with E-state index in [1.807, 2.05) is 12.1 Å². The number of anilines is 2. The molecule has 2 N–H and O–H groups in total. The predicted molar refractivity (Wildman–Crippen MR) is 126 cm³/mol. The Labute approximate surface area is 197 Å². The van der Waals surface area contributed by atoms with Gasteiger partial charge in [0.15, 0.2) is 5.13 Å². The number of halogens is 2. The summed E-state index contributed by atoms with van der Waals surface area (Å²) in [5.74, 6) is -0.407. The van der Waals surface area contributed by atoms with E-state index in [-0.39, 0.29) is 23.8 Å². The first-order valence-corrected chi connectivity index (χ1v) is 11.5. The minimum Gasteiger partial charge on any atom is -0.367 e.